The van der Waals surface area contributed by atoms with Crippen LogP contribution in [0.1, 0.15) is 12.8 Å². The van der Waals surface area contributed by atoms with Gasteiger partial charge in [0.1, 0.15) is 5.82 Å². The number of nitrogens with one attached hydrogen (secondary N) is 2. The van der Waals surface area contributed by atoms with Gasteiger partial charge < -0.3 is 4.98 Å². The van der Waals surface area contributed by atoms with Crippen LogP contribution in [-0.4, -0.2) is 41.7 Å². The summed E-state index contributed by atoms with van der Waals surface area (Å²) in [7, 11) is -3.78. The van der Waals surface area contributed by atoms with E-state index in [9.17, 15) is 17.6 Å². The van der Waals surface area contributed by atoms with Gasteiger partial charge in [0.2, 0.25) is 21.9 Å². The fourth-order valence-corrected chi connectivity index (χ4v) is 4.88. The first-order valence-corrected chi connectivity index (χ1v) is 10.4. The molecule has 1 aliphatic rings. The highest BCUT2D eigenvalue weighted by Gasteiger charge is 2.33. The lowest BCUT2D eigenvalue weighted by Gasteiger charge is -2.31. The maximum atomic E-state index is 13.1. The van der Waals surface area contributed by atoms with Crippen LogP contribution in [-0.2, 0) is 14.8 Å². The number of nitrogens with zero attached hydrogens (tertiary/aromatic N) is 2. The van der Waals surface area contributed by atoms with Crippen molar-refractivity contribution in [2.24, 2.45) is 5.92 Å². The van der Waals surface area contributed by atoms with Crippen molar-refractivity contribution in [2.45, 2.75) is 17.7 Å². The van der Waals surface area contributed by atoms with Crippen LogP contribution in [0.15, 0.2) is 53.4 Å². The molecule has 3 aromatic rings. The van der Waals surface area contributed by atoms with Gasteiger partial charge in [0, 0.05) is 13.1 Å². The maximum absolute atomic E-state index is 13.1. The molecule has 9 heteroatoms. The maximum Gasteiger partial charge on any atom is 0.243 e. The standard InChI is InChI=1S/C19H19FN4O3S/c20-14-7-9-15(10-8-14)28(26,27)24-11-3-4-13(12-24)18(25)23-19-21-16-5-1-2-6-17(16)22-19/h1-2,5-10,13H,3-4,11-12H2,(H2,21,22,23,25). The van der Waals surface area contributed by atoms with E-state index in [4.69, 9.17) is 0 Å². The third-order valence-electron chi connectivity index (χ3n) is 4.84. The number of aromatic amines is 1. The lowest BCUT2D eigenvalue weighted by molar-refractivity contribution is -0.120. The summed E-state index contributed by atoms with van der Waals surface area (Å²) < 4.78 is 40.0. The molecule has 1 aliphatic heterocycles. The van der Waals surface area contributed by atoms with Crippen LogP contribution >= 0.6 is 0 Å². The lowest BCUT2D eigenvalue weighted by Crippen LogP contribution is -2.43. The number of carbonyl (C=O) groups is 1. The van der Waals surface area contributed by atoms with Crippen LogP contribution in [0.5, 0.6) is 0 Å². The molecule has 1 atom stereocenters. The number of benzene rings is 2. The number of hydrogen-bond donors (Lipinski definition) is 2. The number of piperidine rings is 1. The highest BCUT2D eigenvalue weighted by Crippen LogP contribution is 2.25. The number of sulfonamides is 1. The molecule has 4 rings (SSSR count). The number of aromatic nitrogens is 2. The molecule has 1 aromatic heterocycles. The number of rotatable bonds is 4. The van der Waals surface area contributed by atoms with Crippen molar-refractivity contribution in [3.63, 3.8) is 0 Å². The third-order valence-corrected chi connectivity index (χ3v) is 6.72. The van der Waals surface area contributed by atoms with Crippen molar-refractivity contribution in [2.75, 3.05) is 18.4 Å². The van der Waals surface area contributed by atoms with Gasteiger partial charge in [0.15, 0.2) is 0 Å². The summed E-state index contributed by atoms with van der Waals surface area (Å²) >= 11 is 0. The zero-order valence-corrected chi connectivity index (χ0v) is 15.7. The molecule has 0 radical (unpaired) electrons. The topological polar surface area (TPSA) is 95.2 Å². The Morgan fingerprint density at radius 1 is 1.18 bits per heavy atom. The average molecular weight is 402 g/mol. The van der Waals surface area contributed by atoms with E-state index < -0.39 is 21.8 Å². The van der Waals surface area contributed by atoms with Crippen LogP contribution < -0.4 is 5.32 Å². The summed E-state index contributed by atoms with van der Waals surface area (Å²) in [6.07, 6.45) is 1.15. The van der Waals surface area contributed by atoms with Gasteiger partial charge in [-0.3, -0.25) is 10.1 Å². The average Bonchev–Trinajstić information content (AvgIpc) is 3.10. The number of halogens is 1. The number of imidazole rings is 1. The molecule has 2 heterocycles. The Kier molecular flexibility index (Phi) is 4.86. The summed E-state index contributed by atoms with van der Waals surface area (Å²) in [5.41, 5.74) is 1.55. The van der Waals surface area contributed by atoms with Crippen molar-refractivity contribution in [1.82, 2.24) is 14.3 Å². The minimum Gasteiger partial charge on any atom is -0.324 e. The van der Waals surface area contributed by atoms with Gasteiger partial charge in [0.05, 0.1) is 21.8 Å². The van der Waals surface area contributed by atoms with Gasteiger partial charge in [-0.05, 0) is 49.2 Å². The number of amides is 1. The largest absolute Gasteiger partial charge is 0.324 e. The highest BCUT2D eigenvalue weighted by molar-refractivity contribution is 7.89. The smallest absolute Gasteiger partial charge is 0.243 e. The molecule has 28 heavy (non-hydrogen) atoms. The molecule has 0 spiro atoms. The Hall–Kier alpha value is -2.78. The molecule has 2 N–H and O–H groups in total. The second-order valence-electron chi connectivity index (χ2n) is 6.75. The zero-order valence-electron chi connectivity index (χ0n) is 14.9. The van der Waals surface area contributed by atoms with Crippen LogP contribution in [0.3, 0.4) is 0 Å². The van der Waals surface area contributed by atoms with Gasteiger partial charge in [-0.25, -0.2) is 17.8 Å². The predicted octanol–water partition coefficient (Wildman–Crippen LogP) is 2.74. The monoisotopic (exact) mass is 402 g/mol. The Bertz CT molecular complexity index is 1080. The molecule has 1 fully saturated rings. The molecule has 146 valence electrons. The number of fused-ring (bicyclic) bond motifs is 1. The van der Waals surface area contributed by atoms with E-state index in [0.29, 0.717) is 25.3 Å². The molecule has 1 amide bonds. The Morgan fingerprint density at radius 2 is 1.93 bits per heavy atom. The van der Waals surface area contributed by atoms with Crippen molar-refractivity contribution >= 4 is 32.9 Å². The summed E-state index contributed by atoms with van der Waals surface area (Å²) in [4.78, 5) is 20.0. The second-order valence-corrected chi connectivity index (χ2v) is 8.69. The van der Waals surface area contributed by atoms with Crippen molar-refractivity contribution in [3.8, 4) is 0 Å². The minimum atomic E-state index is -3.78. The first-order chi connectivity index (χ1) is 13.4. The van der Waals surface area contributed by atoms with Crippen molar-refractivity contribution in [3.05, 3.63) is 54.3 Å². The quantitative estimate of drug-likeness (QED) is 0.702. The van der Waals surface area contributed by atoms with Gasteiger partial charge in [-0.2, -0.15) is 4.31 Å². The first-order valence-electron chi connectivity index (χ1n) is 8.95. The molecule has 1 unspecified atom stereocenters. The van der Waals surface area contributed by atoms with Gasteiger partial charge in [0.25, 0.3) is 0 Å². The summed E-state index contributed by atoms with van der Waals surface area (Å²) in [5.74, 6) is -0.930. The van der Waals surface area contributed by atoms with Gasteiger partial charge in [-0.1, -0.05) is 12.1 Å². The minimum absolute atomic E-state index is 0.0206. The second kappa shape index (κ2) is 7.33. The van der Waals surface area contributed by atoms with Crippen LogP contribution in [0.25, 0.3) is 11.0 Å². The van der Waals surface area contributed by atoms with E-state index in [-0.39, 0.29) is 17.3 Å². The fourth-order valence-electron chi connectivity index (χ4n) is 3.36. The molecule has 2 aromatic carbocycles. The highest BCUT2D eigenvalue weighted by atomic mass is 32.2. The van der Waals surface area contributed by atoms with Crippen LogP contribution in [0, 0.1) is 11.7 Å². The van der Waals surface area contributed by atoms with Crippen molar-refractivity contribution in [1.29, 1.82) is 0 Å². The molecular weight excluding hydrogens is 383 g/mol. The van der Waals surface area contributed by atoms with Crippen LogP contribution in [0.2, 0.25) is 0 Å². The van der Waals surface area contributed by atoms with E-state index in [0.717, 1.165) is 23.2 Å². The summed E-state index contributed by atoms with van der Waals surface area (Å²) in [6.45, 7) is 0.403. The van der Waals surface area contributed by atoms with E-state index in [2.05, 4.69) is 15.3 Å². The SMILES string of the molecule is O=C(Nc1nc2ccccc2[nH]1)C1CCCN(S(=O)(=O)c2ccc(F)cc2)C1. The fraction of sp³-hybridized carbons (Fsp3) is 0.263. The number of H-pyrrole nitrogens is 1. The van der Waals surface area contributed by atoms with E-state index >= 15 is 0 Å². The normalized spacial score (nSPS) is 18.2. The first kappa shape index (κ1) is 18.6. The number of para-hydroxylation sites is 2. The van der Waals surface area contributed by atoms with Gasteiger partial charge in [-0.15, -0.1) is 0 Å². The van der Waals surface area contributed by atoms with E-state index in [1.807, 2.05) is 24.3 Å². The number of anilines is 1. The van der Waals surface area contributed by atoms with Gasteiger partial charge >= 0.3 is 0 Å². The lowest BCUT2D eigenvalue weighted by atomic mass is 9.99. The summed E-state index contributed by atoms with van der Waals surface area (Å²) in [6, 6.07) is 12.1. The predicted molar refractivity (Wildman–Crippen MR) is 103 cm³/mol. The molecule has 0 bridgehead atoms. The Morgan fingerprint density at radius 3 is 2.68 bits per heavy atom. The molecular formula is C19H19FN4O3S. The van der Waals surface area contributed by atoms with Crippen LogP contribution in [0.4, 0.5) is 10.3 Å². The summed E-state index contributed by atoms with van der Waals surface area (Å²) in [5, 5.41) is 2.74. The van der Waals surface area contributed by atoms with Crippen molar-refractivity contribution < 1.29 is 17.6 Å². The molecule has 1 saturated heterocycles. The molecule has 0 aliphatic carbocycles. The number of carbonyl (C=O) groups excluding carboxylic acids is 1. The molecule has 7 nitrogen and oxygen atoms in total. The Balaban J connectivity index is 1.48. The zero-order chi connectivity index (χ0) is 19.7. The van der Waals surface area contributed by atoms with E-state index in [1.54, 1.807) is 0 Å². The molecule has 0 saturated carbocycles. The van der Waals surface area contributed by atoms with E-state index in [1.165, 1.54) is 16.4 Å². The number of hydrogen-bond acceptors (Lipinski definition) is 4. The third kappa shape index (κ3) is 3.63. The Labute approximate surface area is 161 Å².